The molecule has 0 radical (unpaired) electrons. The number of rotatable bonds is 3. The summed E-state index contributed by atoms with van der Waals surface area (Å²) in [6.45, 7) is 2.72. The zero-order chi connectivity index (χ0) is 17.3. The van der Waals surface area contributed by atoms with Gasteiger partial charge in [-0.05, 0) is 38.2 Å². The number of hydrogen-bond acceptors (Lipinski definition) is 4. The van der Waals surface area contributed by atoms with E-state index in [0.717, 1.165) is 50.5 Å². The molecule has 0 bridgehead atoms. The third kappa shape index (κ3) is 3.09. The first-order chi connectivity index (χ1) is 12.2. The maximum Gasteiger partial charge on any atom is 0.230 e. The van der Waals surface area contributed by atoms with Crippen LogP contribution in [0.5, 0.6) is 5.75 Å². The van der Waals surface area contributed by atoms with E-state index in [1.54, 1.807) is 13.3 Å². The van der Waals surface area contributed by atoms with Gasteiger partial charge in [-0.15, -0.1) is 0 Å². The molecule has 1 amide bonds. The summed E-state index contributed by atoms with van der Waals surface area (Å²) >= 11 is 0. The Balaban J connectivity index is 1.51. The van der Waals surface area contributed by atoms with E-state index in [1.807, 2.05) is 12.1 Å². The Morgan fingerprint density at radius 2 is 2.00 bits per heavy atom. The number of nitrogens with zero attached hydrogens (tertiary/aromatic N) is 3. The first-order valence-corrected chi connectivity index (χ1v) is 9.78. The fraction of sp³-hybridized carbons (Fsp3) is 0.700. The molecule has 136 valence electrons. The highest BCUT2D eigenvalue weighted by Crippen LogP contribution is 2.43. The van der Waals surface area contributed by atoms with Crippen molar-refractivity contribution in [3.63, 3.8) is 0 Å². The van der Waals surface area contributed by atoms with Gasteiger partial charge in [-0.3, -0.25) is 4.79 Å². The number of ether oxygens (including phenoxy) is 1. The molecule has 25 heavy (non-hydrogen) atoms. The number of methoxy groups -OCH3 is 1. The Kier molecular flexibility index (Phi) is 4.57. The van der Waals surface area contributed by atoms with Crippen LogP contribution in [0, 0.1) is 5.41 Å². The molecule has 5 heteroatoms. The fourth-order valence-electron chi connectivity index (χ4n) is 4.99. The lowest BCUT2D eigenvalue weighted by atomic mass is 9.78. The van der Waals surface area contributed by atoms with Crippen molar-refractivity contribution in [2.24, 2.45) is 5.41 Å². The van der Waals surface area contributed by atoms with Crippen molar-refractivity contribution in [1.29, 1.82) is 0 Å². The lowest BCUT2D eigenvalue weighted by molar-refractivity contribution is -0.138. The SMILES string of the molecule is COc1ccnc(N2CCCC3(CCN(C4CCCCC4)C3=O)C2)c1. The largest absolute Gasteiger partial charge is 0.497 e. The summed E-state index contributed by atoms with van der Waals surface area (Å²) in [5.41, 5.74) is -0.194. The fourth-order valence-corrected chi connectivity index (χ4v) is 4.99. The number of carbonyl (C=O) groups is 1. The van der Waals surface area contributed by atoms with Crippen molar-refractivity contribution in [1.82, 2.24) is 9.88 Å². The smallest absolute Gasteiger partial charge is 0.230 e. The Hall–Kier alpha value is -1.78. The molecule has 1 saturated carbocycles. The summed E-state index contributed by atoms with van der Waals surface area (Å²) in [7, 11) is 1.68. The number of carbonyl (C=O) groups excluding carboxylic acids is 1. The summed E-state index contributed by atoms with van der Waals surface area (Å²) in [6, 6.07) is 4.34. The molecule has 3 heterocycles. The van der Waals surface area contributed by atoms with Gasteiger partial charge in [0.05, 0.1) is 12.5 Å². The molecule has 2 aliphatic heterocycles. The molecule has 1 aromatic rings. The van der Waals surface area contributed by atoms with Gasteiger partial charge in [0, 0.05) is 37.9 Å². The molecule has 1 aliphatic carbocycles. The van der Waals surface area contributed by atoms with Gasteiger partial charge in [0.1, 0.15) is 11.6 Å². The maximum atomic E-state index is 13.3. The van der Waals surface area contributed by atoms with Crippen LogP contribution in [0.15, 0.2) is 18.3 Å². The third-order valence-electron chi connectivity index (χ3n) is 6.41. The molecule has 5 nitrogen and oxygen atoms in total. The minimum absolute atomic E-state index is 0.194. The molecule has 1 aromatic heterocycles. The third-order valence-corrected chi connectivity index (χ3v) is 6.41. The second kappa shape index (κ2) is 6.85. The predicted molar refractivity (Wildman–Crippen MR) is 97.9 cm³/mol. The Bertz CT molecular complexity index is 629. The zero-order valence-corrected chi connectivity index (χ0v) is 15.2. The highest BCUT2D eigenvalue weighted by molar-refractivity contribution is 5.86. The van der Waals surface area contributed by atoms with Gasteiger partial charge in [-0.2, -0.15) is 0 Å². The maximum absolute atomic E-state index is 13.3. The van der Waals surface area contributed by atoms with Gasteiger partial charge in [-0.1, -0.05) is 19.3 Å². The average molecular weight is 343 g/mol. The number of anilines is 1. The van der Waals surface area contributed by atoms with Crippen molar-refractivity contribution in [2.75, 3.05) is 31.6 Å². The molecular formula is C20H29N3O2. The number of hydrogen-bond donors (Lipinski definition) is 0. The first kappa shape index (κ1) is 16.7. The van der Waals surface area contributed by atoms with Crippen molar-refractivity contribution < 1.29 is 9.53 Å². The normalized spacial score (nSPS) is 28.0. The van der Waals surface area contributed by atoms with E-state index in [0.29, 0.717) is 11.9 Å². The second-order valence-electron chi connectivity index (χ2n) is 7.90. The standard InChI is InChI=1S/C20H29N3O2/c1-25-17-8-11-21-18(14-17)22-12-5-9-20(15-22)10-13-23(19(20)24)16-6-3-2-4-7-16/h8,11,14,16H,2-7,9-10,12-13,15H2,1H3. The molecule has 0 N–H and O–H groups in total. The average Bonchev–Trinajstić information content (AvgIpc) is 2.98. The van der Waals surface area contributed by atoms with Gasteiger partial charge in [-0.25, -0.2) is 4.98 Å². The van der Waals surface area contributed by atoms with E-state index >= 15 is 0 Å². The lowest BCUT2D eigenvalue weighted by Crippen LogP contribution is -2.50. The van der Waals surface area contributed by atoms with Gasteiger partial charge >= 0.3 is 0 Å². The van der Waals surface area contributed by atoms with Crippen LogP contribution >= 0.6 is 0 Å². The van der Waals surface area contributed by atoms with E-state index in [-0.39, 0.29) is 5.41 Å². The molecular weight excluding hydrogens is 314 g/mol. The Morgan fingerprint density at radius 1 is 1.16 bits per heavy atom. The van der Waals surface area contributed by atoms with Crippen LogP contribution in [0.1, 0.15) is 51.4 Å². The van der Waals surface area contributed by atoms with E-state index in [9.17, 15) is 4.79 Å². The lowest BCUT2D eigenvalue weighted by Gasteiger charge is -2.40. The summed E-state index contributed by atoms with van der Waals surface area (Å²) in [5.74, 6) is 2.17. The Labute approximate surface area is 150 Å². The molecule has 1 atom stereocenters. The number of likely N-dealkylation sites (tertiary alicyclic amines) is 1. The summed E-state index contributed by atoms with van der Waals surface area (Å²) < 4.78 is 5.34. The van der Waals surface area contributed by atoms with Crippen molar-refractivity contribution >= 4 is 11.7 Å². The van der Waals surface area contributed by atoms with Gasteiger partial charge in [0.25, 0.3) is 0 Å². The molecule has 2 saturated heterocycles. The van der Waals surface area contributed by atoms with Crippen LogP contribution in [0.4, 0.5) is 5.82 Å². The van der Waals surface area contributed by atoms with Crippen molar-refractivity contribution in [3.05, 3.63) is 18.3 Å². The minimum Gasteiger partial charge on any atom is -0.497 e. The Morgan fingerprint density at radius 3 is 2.80 bits per heavy atom. The van der Waals surface area contributed by atoms with E-state index in [2.05, 4.69) is 14.8 Å². The van der Waals surface area contributed by atoms with Crippen LogP contribution in [-0.4, -0.2) is 48.6 Å². The topological polar surface area (TPSA) is 45.7 Å². The quantitative estimate of drug-likeness (QED) is 0.845. The van der Waals surface area contributed by atoms with Crippen LogP contribution in [0.3, 0.4) is 0 Å². The predicted octanol–water partition coefficient (Wildman–Crippen LogP) is 3.24. The van der Waals surface area contributed by atoms with Crippen molar-refractivity contribution in [3.8, 4) is 5.75 Å². The van der Waals surface area contributed by atoms with Crippen LogP contribution < -0.4 is 9.64 Å². The first-order valence-electron chi connectivity index (χ1n) is 9.78. The number of piperidine rings is 1. The van der Waals surface area contributed by atoms with Crippen LogP contribution in [0.2, 0.25) is 0 Å². The van der Waals surface area contributed by atoms with Gasteiger partial charge in [0.2, 0.25) is 5.91 Å². The van der Waals surface area contributed by atoms with Crippen molar-refractivity contribution in [2.45, 2.75) is 57.4 Å². The summed E-state index contributed by atoms with van der Waals surface area (Å²) in [6.07, 6.45) is 11.2. The van der Waals surface area contributed by atoms with Crippen LogP contribution in [0.25, 0.3) is 0 Å². The molecule has 3 aliphatic rings. The van der Waals surface area contributed by atoms with E-state index in [4.69, 9.17) is 4.74 Å². The highest BCUT2D eigenvalue weighted by Gasteiger charge is 2.50. The number of pyridine rings is 1. The zero-order valence-electron chi connectivity index (χ0n) is 15.2. The molecule has 1 spiro atoms. The monoisotopic (exact) mass is 343 g/mol. The number of aromatic nitrogens is 1. The summed E-state index contributed by atoms with van der Waals surface area (Å²) in [5, 5.41) is 0. The second-order valence-corrected chi connectivity index (χ2v) is 7.90. The summed E-state index contributed by atoms with van der Waals surface area (Å²) in [4.78, 5) is 22.4. The van der Waals surface area contributed by atoms with E-state index < -0.39 is 0 Å². The molecule has 3 fully saturated rings. The van der Waals surface area contributed by atoms with Gasteiger partial charge in [0.15, 0.2) is 0 Å². The molecule has 4 rings (SSSR count). The molecule has 0 aromatic carbocycles. The highest BCUT2D eigenvalue weighted by atomic mass is 16.5. The van der Waals surface area contributed by atoms with Crippen LogP contribution in [-0.2, 0) is 4.79 Å². The van der Waals surface area contributed by atoms with Gasteiger partial charge < -0.3 is 14.5 Å². The number of amides is 1. The van der Waals surface area contributed by atoms with E-state index in [1.165, 1.54) is 32.1 Å². The molecule has 1 unspecified atom stereocenters. The minimum atomic E-state index is -0.194.